The Morgan fingerprint density at radius 2 is 2.17 bits per heavy atom. The van der Waals surface area contributed by atoms with E-state index in [0.29, 0.717) is 6.42 Å². The summed E-state index contributed by atoms with van der Waals surface area (Å²) in [5.41, 5.74) is 4.62. The largest absolute Gasteiger partial charge is 0.461 e. The van der Waals surface area contributed by atoms with Crippen LogP contribution in [0.4, 0.5) is 0 Å². The number of esters is 1. The number of aromatic nitrogens is 2. The predicted molar refractivity (Wildman–Crippen MR) is 104 cm³/mol. The fourth-order valence-corrected chi connectivity index (χ4v) is 3.81. The van der Waals surface area contributed by atoms with Crippen LogP contribution in [0.2, 0.25) is 0 Å². The van der Waals surface area contributed by atoms with Crippen molar-refractivity contribution in [1.29, 1.82) is 0 Å². The van der Waals surface area contributed by atoms with E-state index in [1.807, 2.05) is 6.92 Å². The molecule has 0 radical (unpaired) electrons. The van der Waals surface area contributed by atoms with Gasteiger partial charge in [-0.05, 0) is 20.8 Å². The lowest BCUT2D eigenvalue weighted by atomic mass is 9.80. The first-order valence-corrected chi connectivity index (χ1v) is 9.94. The van der Waals surface area contributed by atoms with Crippen LogP contribution >= 0.6 is 0 Å². The number of carbonyl (C=O) groups is 1. The molecule has 1 aromatic rings. The van der Waals surface area contributed by atoms with Crippen LogP contribution in [0.25, 0.3) is 0 Å². The van der Waals surface area contributed by atoms with E-state index in [1.54, 1.807) is 13.8 Å². The summed E-state index contributed by atoms with van der Waals surface area (Å²) >= 11 is 0. The van der Waals surface area contributed by atoms with Crippen molar-refractivity contribution < 1.29 is 28.5 Å². The zero-order chi connectivity index (χ0) is 21.9. The third-order valence-electron chi connectivity index (χ3n) is 5.20. The van der Waals surface area contributed by atoms with Crippen LogP contribution in [0.5, 0.6) is 0 Å². The van der Waals surface area contributed by atoms with E-state index in [9.17, 15) is 14.4 Å². The van der Waals surface area contributed by atoms with Gasteiger partial charge in [-0.1, -0.05) is 0 Å². The van der Waals surface area contributed by atoms with Crippen LogP contribution in [0, 0.1) is 5.92 Å². The maximum atomic E-state index is 12.2. The topological polar surface area (TPSA) is 144 Å². The van der Waals surface area contributed by atoms with Crippen LogP contribution in [-0.2, 0) is 28.5 Å². The Bertz CT molecular complexity index is 849. The Kier molecular flexibility index (Phi) is 7.09. The molecule has 0 unspecified atom stereocenters. The van der Waals surface area contributed by atoms with Gasteiger partial charge in [-0.15, -0.1) is 0 Å². The van der Waals surface area contributed by atoms with Crippen molar-refractivity contribution in [3.8, 4) is 0 Å². The highest BCUT2D eigenvalue weighted by atomic mass is 16.7. The summed E-state index contributed by atoms with van der Waals surface area (Å²) in [6.45, 7) is 5.93. The molecule has 0 aromatic carbocycles. The van der Waals surface area contributed by atoms with E-state index in [2.05, 4.69) is 4.98 Å². The number of ether oxygens (including phenoxy) is 5. The maximum absolute atomic E-state index is 12.2. The van der Waals surface area contributed by atoms with Gasteiger partial charge in [0, 0.05) is 24.6 Å². The van der Waals surface area contributed by atoms with Crippen LogP contribution in [0.3, 0.4) is 0 Å². The minimum absolute atomic E-state index is 0.123. The number of aromatic amines is 1. The van der Waals surface area contributed by atoms with Crippen molar-refractivity contribution in [2.75, 3.05) is 26.4 Å². The molecule has 3 N–H and O–H groups in total. The molecular weight excluding hydrogens is 398 g/mol. The lowest BCUT2D eigenvalue weighted by Crippen LogP contribution is -2.53. The average Bonchev–Trinajstić information content (AvgIpc) is 2.91. The molecule has 11 nitrogen and oxygen atoms in total. The van der Waals surface area contributed by atoms with Crippen LogP contribution in [0.1, 0.15) is 33.4 Å². The summed E-state index contributed by atoms with van der Waals surface area (Å²) in [5.74, 6) is -0.547. The Balaban J connectivity index is 1.51. The Hall–Kier alpha value is -2.05. The molecule has 0 amide bonds. The standard InChI is InChI=1S/C19H29N3O8/c1-11(2)29-15(24)10-26-6-7-27-16-8-12-13(9-28-16)30-17(19(12,3)20)22-5-4-14(23)21-18(22)25/h4-5,11-13,16-17H,6-10,20H2,1-3H3,(H,21,23,25)/t12-,13-,16-,17-,19-/m1/s1. The van der Waals surface area contributed by atoms with Gasteiger partial charge in [-0.25, -0.2) is 9.59 Å². The Morgan fingerprint density at radius 3 is 2.87 bits per heavy atom. The number of rotatable bonds is 8. The quantitative estimate of drug-likeness (QED) is 0.414. The van der Waals surface area contributed by atoms with Gasteiger partial charge in [-0.2, -0.15) is 0 Å². The molecule has 2 saturated heterocycles. The number of nitrogens with two attached hydrogens (primary N) is 1. The monoisotopic (exact) mass is 427 g/mol. The van der Waals surface area contributed by atoms with Gasteiger partial charge in [-0.3, -0.25) is 14.3 Å². The first-order chi connectivity index (χ1) is 14.2. The molecule has 3 rings (SSSR count). The zero-order valence-corrected chi connectivity index (χ0v) is 17.4. The second kappa shape index (κ2) is 9.40. The van der Waals surface area contributed by atoms with Crippen molar-refractivity contribution in [2.45, 2.75) is 57.5 Å². The van der Waals surface area contributed by atoms with E-state index in [1.165, 1.54) is 16.8 Å². The number of fused-ring (bicyclic) bond motifs is 1. The molecule has 3 heterocycles. The van der Waals surface area contributed by atoms with Crippen molar-refractivity contribution in [1.82, 2.24) is 9.55 Å². The van der Waals surface area contributed by atoms with Gasteiger partial charge >= 0.3 is 11.7 Å². The molecule has 30 heavy (non-hydrogen) atoms. The van der Waals surface area contributed by atoms with E-state index in [0.717, 1.165) is 0 Å². The highest BCUT2D eigenvalue weighted by Crippen LogP contribution is 2.45. The second-order valence-corrected chi connectivity index (χ2v) is 7.98. The first kappa shape index (κ1) is 22.6. The summed E-state index contributed by atoms with van der Waals surface area (Å²) in [7, 11) is 0. The highest BCUT2D eigenvalue weighted by molar-refractivity contribution is 5.70. The van der Waals surface area contributed by atoms with Gasteiger partial charge in [0.15, 0.2) is 12.5 Å². The normalized spacial score (nSPS) is 31.0. The lowest BCUT2D eigenvalue weighted by Gasteiger charge is -2.36. The Morgan fingerprint density at radius 1 is 1.40 bits per heavy atom. The van der Waals surface area contributed by atoms with Crippen molar-refractivity contribution in [3.63, 3.8) is 0 Å². The average molecular weight is 427 g/mol. The second-order valence-electron chi connectivity index (χ2n) is 7.98. The fourth-order valence-electron chi connectivity index (χ4n) is 3.81. The highest BCUT2D eigenvalue weighted by Gasteiger charge is 2.54. The lowest BCUT2D eigenvalue weighted by molar-refractivity contribution is -0.206. The molecule has 5 atom stereocenters. The molecule has 0 bridgehead atoms. The van der Waals surface area contributed by atoms with E-state index in [4.69, 9.17) is 29.4 Å². The SMILES string of the molecule is CC(C)OC(=O)COCCO[C@H]1C[C@@H]2[C@@H](CO1)O[C@@H](n1ccc(=O)[nH]c1=O)[C@]2(C)N. The third kappa shape index (κ3) is 5.16. The summed E-state index contributed by atoms with van der Waals surface area (Å²) < 4.78 is 28.9. The molecular formula is C19H29N3O8. The van der Waals surface area contributed by atoms with E-state index in [-0.39, 0.29) is 44.6 Å². The molecule has 2 fully saturated rings. The first-order valence-electron chi connectivity index (χ1n) is 9.94. The molecule has 2 aliphatic rings. The molecule has 0 saturated carbocycles. The van der Waals surface area contributed by atoms with Gasteiger partial charge in [0.2, 0.25) is 0 Å². The molecule has 168 valence electrons. The molecule has 0 aliphatic carbocycles. The van der Waals surface area contributed by atoms with Gasteiger partial charge < -0.3 is 29.4 Å². The molecule has 0 spiro atoms. The smallest absolute Gasteiger partial charge is 0.332 e. The van der Waals surface area contributed by atoms with Crippen LogP contribution in [0.15, 0.2) is 21.9 Å². The zero-order valence-electron chi connectivity index (χ0n) is 17.4. The van der Waals surface area contributed by atoms with Crippen molar-refractivity contribution >= 4 is 5.97 Å². The van der Waals surface area contributed by atoms with Gasteiger partial charge in [0.25, 0.3) is 5.56 Å². The summed E-state index contributed by atoms with van der Waals surface area (Å²) in [4.78, 5) is 37.1. The minimum Gasteiger partial charge on any atom is -0.461 e. The summed E-state index contributed by atoms with van der Waals surface area (Å²) in [6, 6.07) is 1.25. The minimum atomic E-state index is -0.880. The third-order valence-corrected chi connectivity index (χ3v) is 5.20. The van der Waals surface area contributed by atoms with Crippen molar-refractivity contribution in [2.24, 2.45) is 11.7 Å². The number of carbonyl (C=O) groups excluding carboxylic acids is 1. The number of nitrogens with zero attached hydrogens (tertiary/aromatic N) is 1. The molecule has 2 aliphatic heterocycles. The van der Waals surface area contributed by atoms with E-state index < -0.39 is 35.3 Å². The summed E-state index contributed by atoms with van der Waals surface area (Å²) in [6.07, 6.45) is 0.123. The van der Waals surface area contributed by atoms with E-state index >= 15 is 0 Å². The van der Waals surface area contributed by atoms with Gasteiger partial charge in [0.1, 0.15) is 6.61 Å². The molecule has 11 heteroatoms. The van der Waals surface area contributed by atoms with Crippen molar-refractivity contribution in [3.05, 3.63) is 33.1 Å². The number of H-pyrrole nitrogens is 1. The predicted octanol–water partition coefficient (Wildman–Crippen LogP) is -0.501. The number of nitrogens with one attached hydrogen (secondary N) is 1. The number of hydrogen-bond acceptors (Lipinski definition) is 9. The van der Waals surface area contributed by atoms with Crippen LogP contribution in [-0.4, -0.2) is 66.0 Å². The fraction of sp³-hybridized carbons (Fsp3) is 0.737. The van der Waals surface area contributed by atoms with Crippen LogP contribution < -0.4 is 17.0 Å². The number of hydrogen-bond donors (Lipinski definition) is 2. The molecule has 1 aromatic heterocycles. The Labute approximate surface area is 173 Å². The van der Waals surface area contributed by atoms with Gasteiger partial charge in [0.05, 0.1) is 37.6 Å². The maximum Gasteiger partial charge on any atom is 0.332 e. The summed E-state index contributed by atoms with van der Waals surface area (Å²) in [5, 5.41) is 0.